The van der Waals surface area contributed by atoms with E-state index in [-0.39, 0.29) is 11.6 Å². The van der Waals surface area contributed by atoms with Gasteiger partial charge in [0.05, 0.1) is 6.10 Å². The van der Waals surface area contributed by atoms with Crippen LogP contribution in [0.5, 0.6) is 0 Å². The van der Waals surface area contributed by atoms with Gasteiger partial charge in [0.15, 0.2) is 0 Å². The van der Waals surface area contributed by atoms with Crippen molar-refractivity contribution in [3.8, 4) is 0 Å². The van der Waals surface area contributed by atoms with E-state index in [2.05, 4.69) is 6.92 Å². The molecule has 0 saturated heterocycles. The van der Waals surface area contributed by atoms with E-state index in [0.717, 1.165) is 36.3 Å². The molecule has 136 valence electrons. The molecule has 0 amide bonds. The van der Waals surface area contributed by atoms with Gasteiger partial charge in [0.2, 0.25) is 0 Å². The fraction of sp³-hybridized carbons (Fsp3) is 0.455. The van der Waals surface area contributed by atoms with Gasteiger partial charge in [-0.15, -0.1) is 0 Å². The van der Waals surface area contributed by atoms with Gasteiger partial charge in [-0.3, -0.25) is 0 Å². The van der Waals surface area contributed by atoms with E-state index in [0.29, 0.717) is 0 Å². The summed E-state index contributed by atoms with van der Waals surface area (Å²) >= 11 is 0. The monoisotopic (exact) mass is 358 g/mol. The Morgan fingerprint density at radius 3 is 1.76 bits per heavy atom. The number of hydrogen-bond acceptors (Lipinski definition) is 2. The Morgan fingerprint density at radius 2 is 1.36 bits per heavy atom. The van der Waals surface area contributed by atoms with E-state index in [9.17, 15) is 9.67 Å². The van der Waals surface area contributed by atoms with E-state index in [1.54, 1.807) is 0 Å². The number of aliphatic hydroxyl groups is 1. The molecule has 25 heavy (non-hydrogen) atoms. The van der Waals surface area contributed by atoms with Crippen molar-refractivity contribution in [1.82, 2.24) is 0 Å². The topological polar surface area (TPSA) is 37.3 Å². The van der Waals surface area contributed by atoms with Crippen LogP contribution in [0.3, 0.4) is 0 Å². The number of benzene rings is 2. The molecule has 2 nitrogen and oxygen atoms in total. The molecular formula is C22H31O2P. The van der Waals surface area contributed by atoms with E-state index in [1.807, 2.05) is 74.5 Å². The molecule has 0 aliphatic rings. The van der Waals surface area contributed by atoms with Crippen LogP contribution in [0.2, 0.25) is 0 Å². The molecule has 0 fully saturated rings. The highest BCUT2D eigenvalue weighted by Gasteiger charge is 2.41. The highest BCUT2D eigenvalue weighted by Crippen LogP contribution is 2.52. The maximum Gasteiger partial charge on any atom is 0.148 e. The molecule has 1 N–H and O–H groups in total. The average molecular weight is 358 g/mol. The predicted octanol–water partition coefficient (Wildman–Crippen LogP) is 4.97. The van der Waals surface area contributed by atoms with Crippen molar-refractivity contribution in [2.24, 2.45) is 5.92 Å². The SMILES string of the molecule is CCCCC[C@@H]([C@@H](O)C(C)C)P(=O)(c1ccccc1)c1ccccc1. The third kappa shape index (κ3) is 4.63. The molecule has 2 atom stereocenters. The minimum absolute atomic E-state index is 0.0763. The largest absolute Gasteiger partial charge is 0.392 e. The third-order valence-electron chi connectivity index (χ3n) is 4.93. The Hall–Kier alpha value is -1.37. The lowest BCUT2D eigenvalue weighted by atomic mass is 10.00. The maximum atomic E-state index is 14.5. The van der Waals surface area contributed by atoms with Crippen molar-refractivity contribution in [3.63, 3.8) is 0 Å². The maximum absolute atomic E-state index is 14.5. The highest BCUT2D eigenvalue weighted by atomic mass is 31.2. The highest BCUT2D eigenvalue weighted by molar-refractivity contribution is 7.79. The van der Waals surface area contributed by atoms with Gasteiger partial charge in [-0.2, -0.15) is 0 Å². The van der Waals surface area contributed by atoms with E-state index in [1.165, 1.54) is 0 Å². The lowest BCUT2D eigenvalue weighted by Crippen LogP contribution is -2.37. The number of aliphatic hydroxyl groups excluding tert-OH is 1. The first-order chi connectivity index (χ1) is 12.0. The zero-order chi connectivity index (χ0) is 18.3. The Bertz CT molecular complexity index is 623. The van der Waals surface area contributed by atoms with Crippen LogP contribution in [0.4, 0.5) is 0 Å². The van der Waals surface area contributed by atoms with Crippen LogP contribution in [0.1, 0.15) is 46.5 Å². The molecule has 0 bridgehead atoms. The summed E-state index contributed by atoms with van der Waals surface area (Å²) in [6.07, 6.45) is 3.42. The van der Waals surface area contributed by atoms with Crippen LogP contribution >= 0.6 is 7.14 Å². The number of hydrogen-bond donors (Lipinski definition) is 1. The first kappa shape index (κ1) is 19.9. The summed E-state index contributed by atoms with van der Waals surface area (Å²) in [5, 5.41) is 12.7. The molecule has 3 heteroatoms. The lowest BCUT2D eigenvalue weighted by molar-refractivity contribution is 0.116. The van der Waals surface area contributed by atoms with Crippen molar-refractivity contribution in [3.05, 3.63) is 60.7 Å². The molecule has 2 rings (SSSR count). The second-order valence-corrected chi connectivity index (χ2v) is 10.1. The first-order valence-corrected chi connectivity index (χ1v) is 11.2. The van der Waals surface area contributed by atoms with E-state index in [4.69, 9.17) is 0 Å². The summed E-state index contributed by atoms with van der Waals surface area (Å²) in [4.78, 5) is 0. The number of rotatable bonds is 9. The quantitative estimate of drug-likeness (QED) is 0.508. The Labute approximate surface area is 152 Å². The van der Waals surface area contributed by atoms with E-state index < -0.39 is 13.2 Å². The number of unbranched alkanes of at least 4 members (excludes halogenated alkanes) is 2. The van der Waals surface area contributed by atoms with Gasteiger partial charge in [-0.25, -0.2) is 0 Å². The molecule has 2 aromatic carbocycles. The summed E-state index contributed by atoms with van der Waals surface area (Å²) in [6, 6.07) is 19.5. The van der Waals surface area contributed by atoms with Crippen LogP contribution in [0, 0.1) is 5.92 Å². The molecule has 0 radical (unpaired) electrons. The molecule has 0 aliphatic heterocycles. The average Bonchev–Trinajstić information content (AvgIpc) is 2.65. The van der Waals surface area contributed by atoms with Crippen LogP contribution in [0.25, 0.3) is 0 Å². The van der Waals surface area contributed by atoms with Gasteiger partial charge >= 0.3 is 0 Å². The summed E-state index contributed by atoms with van der Waals surface area (Å²) in [7, 11) is -2.93. The molecule has 0 spiro atoms. The van der Waals surface area contributed by atoms with Gasteiger partial charge < -0.3 is 9.67 Å². The summed E-state index contributed by atoms with van der Waals surface area (Å²) in [5.74, 6) is 0.0763. The van der Waals surface area contributed by atoms with Crippen molar-refractivity contribution >= 4 is 17.8 Å². The minimum atomic E-state index is -2.93. The fourth-order valence-electron chi connectivity index (χ4n) is 3.45. The normalized spacial score (nSPS) is 14.4. The zero-order valence-electron chi connectivity index (χ0n) is 15.6. The standard InChI is InChI=1S/C22H31O2P/c1-4-5-8-17-21(22(23)18(2)3)25(24,19-13-9-6-10-14-19)20-15-11-7-12-16-20/h6-7,9-16,18,21-23H,4-5,8,17H2,1-3H3/t21-,22-/m0/s1. The summed E-state index contributed by atoms with van der Waals surface area (Å²) in [6.45, 7) is 6.19. The second-order valence-electron chi connectivity index (χ2n) is 7.13. The third-order valence-corrected chi connectivity index (χ3v) is 8.56. The van der Waals surface area contributed by atoms with Crippen molar-refractivity contribution < 1.29 is 9.67 Å². The molecule has 0 unspecified atom stereocenters. The van der Waals surface area contributed by atoms with Crippen molar-refractivity contribution in [2.75, 3.05) is 0 Å². The van der Waals surface area contributed by atoms with Crippen LogP contribution in [0.15, 0.2) is 60.7 Å². The Balaban J connectivity index is 2.56. The minimum Gasteiger partial charge on any atom is -0.392 e. The molecular weight excluding hydrogens is 327 g/mol. The van der Waals surface area contributed by atoms with Gasteiger partial charge in [-0.1, -0.05) is 101 Å². The Morgan fingerprint density at radius 1 is 0.880 bits per heavy atom. The smallest absolute Gasteiger partial charge is 0.148 e. The van der Waals surface area contributed by atoms with Crippen LogP contribution in [-0.4, -0.2) is 16.9 Å². The lowest BCUT2D eigenvalue weighted by Gasteiger charge is -2.34. The van der Waals surface area contributed by atoms with Crippen LogP contribution in [-0.2, 0) is 4.57 Å². The molecule has 0 aromatic heterocycles. The summed E-state index contributed by atoms with van der Waals surface area (Å²) in [5.41, 5.74) is -0.246. The van der Waals surface area contributed by atoms with Crippen molar-refractivity contribution in [1.29, 1.82) is 0 Å². The van der Waals surface area contributed by atoms with Gasteiger partial charge in [-0.05, 0) is 12.3 Å². The molecule has 2 aromatic rings. The van der Waals surface area contributed by atoms with Gasteiger partial charge in [0.1, 0.15) is 7.14 Å². The van der Waals surface area contributed by atoms with Gasteiger partial charge in [0.25, 0.3) is 0 Å². The molecule has 0 heterocycles. The van der Waals surface area contributed by atoms with Gasteiger partial charge in [0, 0.05) is 16.3 Å². The zero-order valence-corrected chi connectivity index (χ0v) is 16.5. The van der Waals surface area contributed by atoms with Crippen molar-refractivity contribution in [2.45, 2.75) is 58.2 Å². The Kier molecular flexibility index (Phi) is 7.47. The summed E-state index contributed by atoms with van der Waals surface area (Å²) < 4.78 is 14.5. The molecule has 0 saturated carbocycles. The molecule has 0 aliphatic carbocycles. The second kappa shape index (κ2) is 9.36. The predicted molar refractivity (Wildman–Crippen MR) is 109 cm³/mol. The van der Waals surface area contributed by atoms with Crippen LogP contribution < -0.4 is 10.6 Å². The van der Waals surface area contributed by atoms with E-state index >= 15 is 0 Å². The first-order valence-electron chi connectivity index (χ1n) is 9.40. The fourth-order valence-corrected chi connectivity index (χ4v) is 7.06.